The van der Waals surface area contributed by atoms with Gasteiger partial charge in [-0.3, -0.25) is 10.3 Å². The number of hydrogen-bond acceptors (Lipinski definition) is 3. The van der Waals surface area contributed by atoms with Crippen LogP contribution in [0.3, 0.4) is 0 Å². The maximum atomic E-state index is 11.3. The fraction of sp³-hybridized carbons (Fsp3) is 0. The summed E-state index contributed by atoms with van der Waals surface area (Å²) in [5, 5.41) is 7.33. The summed E-state index contributed by atoms with van der Waals surface area (Å²) in [6, 6.07) is 12.2. The Bertz CT molecular complexity index is 802. The van der Waals surface area contributed by atoms with E-state index in [2.05, 4.69) is 15.4 Å². The van der Waals surface area contributed by atoms with Crippen LogP contribution >= 0.6 is 11.6 Å². The second kappa shape index (κ2) is 5.87. The van der Waals surface area contributed by atoms with Crippen molar-refractivity contribution >= 4 is 23.4 Å². The van der Waals surface area contributed by atoms with E-state index in [0.717, 1.165) is 11.3 Å². The van der Waals surface area contributed by atoms with Crippen molar-refractivity contribution < 1.29 is 4.79 Å². The number of rotatable bonds is 3. The first-order chi connectivity index (χ1) is 10.7. The molecule has 0 aliphatic carbocycles. The monoisotopic (exact) mass is 313 g/mol. The van der Waals surface area contributed by atoms with Gasteiger partial charge in [-0.05, 0) is 24.3 Å². The Morgan fingerprint density at radius 2 is 1.82 bits per heavy atom. The summed E-state index contributed by atoms with van der Waals surface area (Å²) in [7, 11) is 0. The molecule has 0 fully saturated rings. The number of nitrogens with two attached hydrogens (primary N) is 1. The maximum Gasteiger partial charge on any atom is 0.317 e. The van der Waals surface area contributed by atoms with Crippen LogP contribution < -0.4 is 11.1 Å². The molecular weight excluding hydrogens is 302 g/mol. The highest BCUT2D eigenvalue weighted by atomic mass is 35.5. The van der Waals surface area contributed by atoms with Gasteiger partial charge in [0.25, 0.3) is 0 Å². The number of primary amides is 1. The molecule has 6 nitrogen and oxygen atoms in total. The topological polar surface area (TPSA) is 85.8 Å². The molecule has 0 atom stereocenters. The van der Waals surface area contributed by atoms with Crippen molar-refractivity contribution in [3.05, 3.63) is 59.9 Å². The van der Waals surface area contributed by atoms with Crippen molar-refractivity contribution in [3.63, 3.8) is 0 Å². The summed E-state index contributed by atoms with van der Waals surface area (Å²) in [6.07, 6.45) is 3.29. The number of pyridine rings is 1. The number of urea groups is 1. The van der Waals surface area contributed by atoms with E-state index >= 15 is 0 Å². The Morgan fingerprint density at radius 1 is 1.14 bits per heavy atom. The number of nitrogens with one attached hydrogen (secondary N) is 1. The predicted molar refractivity (Wildman–Crippen MR) is 85.0 cm³/mol. The van der Waals surface area contributed by atoms with Crippen LogP contribution in [0.15, 0.2) is 54.9 Å². The lowest BCUT2D eigenvalue weighted by molar-refractivity contribution is 0.259. The van der Waals surface area contributed by atoms with Crippen LogP contribution in [-0.2, 0) is 0 Å². The van der Waals surface area contributed by atoms with Crippen molar-refractivity contribution in [1.82, 2.24) is 14.8 Å². The van der Waals surface area contributed by atoms with Crippen LogP contribution in [0.1, 0.15) is 0 Å². The molecular formula is C15H12ClN5O. The summed E-state index contributed by atoms with van der Waals surface area (Å²) in [5.74, 6) is 0.326. The van der Waals surface area contributed by atoms with Gasteiger partial charge in [0.1, 0.15) is 10.7 Å². The van der Waals surface area contributed by atoms with Crippen molar-refractivity contribution in [2.24, 2.45) is 5.73 Å². The first-order valence-corrected chi connectivity index (χ1v) is 6.85. The number of para-hydroxylation sites is 1. The average Bonchev–Trinajstić information content (AvgIpc) is 2.86. The molecule has 3 N–H and O–H groups in total. The number of halogens is 1. The van der Waals surface area contributed by atoms with Crippen molar-refractivity contribution in [2.75, 3.05) is 5.32 Å². The minimum atomic E-state index is -0.708. The van der Waals surface area contributed by atoms with Gasteiger partial charge in [0.05, 0.1) is 5.69 Å². The number of nitrogens with zero attached hydrogens (tertiary/aromatic N) is 3. The smallest absolute Gasteiger partial charge is 0.317 e. The van der Waals surface area contributed by atoms with Crippen molar-refractivity contribution in [2.45, 2.75) is 0 Å². The summed E-state index contributed by atoms with van der Waals surface area (Å²) >= 11 is 6.38. The summed E-state index contributed by atoms with van der Waals surface area (Å²) in [4.78, 5) is 15.2. The minimum Gasteiger partial charge on any atom is -0.351 e. The van der Waals surface area contributed by atoms with Crippen LogP contribution in [0.25, 0.3) is 16.9 Å². The molecule has 0 spiro atoms. The molecule has 0 bridgehead atoms. The van der Waals surface area contributed by atoms with Gasteiger partial charge in [-0.2, -0.15) is 5.10 Å². The summed E-state index contributed by atoms with van der Waals surface area (Å²) in [5.41, 5.74) is 7.32. The van der Waals surface area contributed by atoms with Gasteiger partial charge in [-0.1, -0.05) is 29.8 Å². The van der Waals surface area contributed by atoms with Crippen molar-refractivity contribution in [1.29, 1.82) is 0 Å². The van der Waals surface area contributed by atoms with Gasteiger partial charge >= 0.3 is 6.03 Å². The van der Waals surface area contributed by atoms with E-state index in [1.54, 1.807) is 29.2 Å². The zero-order valence-electron chi connectivity index (χ0n) is 11.4. The summed E-state index contributed by atoms with van der Waals surface area (Å²) in [6.45, 7) is 0. The first kappa shape index (κ1) is 14.1. The number of amides is 2. The lowest BCUT2D eigenvalue weighted by Crippen LogP contribution is -2.21. The SMILES string of the molecule is NC(=O)Nc1c(Cl)c(-c2ccncc2)nn1-c1ccccc1. The van der Waals surface area contributed by atoms with Gasteiger partial charge in [-0.15, -0.1) is 0 Å². The Balaban J connectivity index is 2.19. The molecule has 1 aromatic carbocycles. The Hall–Kier alpha value is -2.86. The van der Waals surface area contributed by atoms with Crippen LogP contribution in [0.4, 0.5) is 10.6 Å². The lowest BCUT2D eigenvalue weighted by Gasteiger charge is -2.07. The van der Waals surface area contributed by atoms with E-state index < -0.39 is 6.03 Å². The van der Waals surface area contributed by atoms with E-state index in [0.29, 0.717) is 16.5 Å². The van der Waals surface area contributed by atoms with Gasteiger partial charge in [0, 0.05) is 18.0 Å². The molecule has 3 aromatic rings. The van der Waals surface area contributed by atoms with E-state index in [1.807, 2.05) is 30.3 Å². The molecule has 7 heteroatoms. The highest BCUT2D eigenvalue weighted by molar-refractivity contribution is 6.36. The third kappa shape index (κ3) is 2.64. The van der Waals surface area contributed by atoms with Crippen LogP contribution in [0.2, 0.25) is 5.02 Å². The Labute approximate surface area is 131 Å². The average molecular weight is 314 g/mol. The van der Waals surface area contributed by atoms with Crippen molar-refractivity contribution in [3.8, 4) is 16.9 Å². The van der Waals surface area contributed by atoms with Crippen LogP contribution in [0.5, 0.6) is 0 Å². The normalized spacial score (nSPS) is 10.4. The van der Waals surface area contributed by atoms with E-state index in [1.165, 1.54) is 0 Å². The zero-order valence-corrected chi connectivity index (χ0v) is 12.2. The standard InChI is InChI=1S/C15H12ClN5O/c16-12-13(10-6-8-18-9-7-10)20-21(14(12)19-15(17)22)11-4-2-1-3-5-11/h1-9H,(H3,17,19,22). The van der Waals surface area contributed by atoms with Gasteiger partial charge in [0.2, 0.25) is 0 Å². The zero-order chi connectivity index (χ0) is 15.5. The predicted octanol–water partition coefficient (Wildman–Crippen LogP) is 3.08. The molecule has 0 saturated heterocycles. The van der Waals surface area contributed by atoms with Gasteiger partial charge in [0.15, 0.2) is 5.82 Å². The molecule has 110 valence electrons. The number of benzene rings is 1. The highest BCUT2D eigenvalue weighted by Crippen LogP contribution is 2.34. The fourth-order valence-corrected chi connectivity index (χ4v) is 2.35. The molecule has 0 radical (unpaired) electrons. The molecule has 2 amide bonds. The third-order valence-corrected chi connectivity index (χ3v) is 3.38. The number of anilines is 1. The highest BCUT2D eigenvalue weighted by Gasteiger charge is 2.19. The number of carbonyl (C=O) groups excluding carboxylic acids is 1. The largest absolute Gasteiger partial charge is 0.351 e. The Kier molecular flexibility index (Phi) is 3.76. The minimum absolute atomic E-state index is 0.314. The molecule has 0 aliphatic heterocycles. The van der Waals surface area contributed by atoms with E-state index in [4.69, 9.17) is 17.3 Å². The van der Waals surface area contributed by atoms with E-state index in [9.17, 15) is 4.79 Å². The molecule has 2 heterocycles. The molecule has 0 aliphatic rings. The Morgan fingerprint density at radius 3 is 2.45 bits per heavy atom. The number of hydrogen-bond donors (Lipinski definition) is 2. The molecule has 3 rings (SSSR count). The molecule has 0 unspecified atom stereocenters. The molecule has 0 saturated carbocycles. The lowest BCUT2D eigenvalue weighted by atomic mass is 10.2. The second-order valence-electron chi connectivity index (χ2n) is 4.48. The number of aromatic nitrogens is 3. The second-order valence-corrected chi connectivity index (χ2v) is 4.86. The quantitative estimate of drug-likeness (QED) is 0.779. The van der Waals surface area contributed by atoms with E-state index in [-0.39, 0.29) is 0 Å². The van der Waals surface area contributed by atoms with Gasteiger partial charge < -0.3 is 5.73 Å². The maximum absolute atomic E-state index is 11.3. The third-order valence-electron chi connectivity index (χ3n) is 3.02. The fourth-order valence-electron chi connectivity index (χ4n) is 2.07. The van der Waals surface area contributed by atoms with Crippen LogP contribution in [-0.4, -0.2) is 20.8 Å². The first-order valence-electron chi connectivity index (χ1n) is 6.47. The molecule has 22 heavy (non-hydrogen) atoms. The van der Waals surface area contributed by atoms with Gasteiger partial charge in [-0.25, -0.2) is 9.48 Å². The number of carbonyl (C=O) groups is 1. The van der Waals surface area contributed by atoms with Crippen LogP contribution in [0, 0.1) is 0 Å². The summed E-state index contributed by atoms with van der Waals surface area (Å²) < 4.78 is 1.54. The molecule has 2 aromatic heterocycles.